The minimum Gasteiger partial charge on any atom is -0.473 e. The Morgan fingerprint density at radius 2 is 1.79 bits per heavy atom. The highest BCUT2D eigenvalue weighted by Gasteiger charge is 2.74. The van der Waals surface area contributed by atoms with Crippen molar-refractivity contribution in [2.45, 2.75) is 109 Å². The van der Waals surface area contributed by atoms with Crippen LogP contribution in [-0.4, -0.2) is 34.3 Å². The molecule has 2 bridgehead atoms. The Morgan fingerprint density at radius 1 is 1.04 bits per heavy atom. The third-order valence-electron chi connectivity index (χ3n) is 9.39. The summed E-state index contributed by atoms with van der Waals surface area (Å²) in [4.78, 5) is 0. The van der Waals surface area contributed by atoms with E-state index in [9.17, 15) is 5.11 Å². The van der Waals surface area contributed by atoms with Crippen LogP contribution in [0.5, 0.6) is 0 Å². The molecule has 3 saturated carbocycles. The van der Waals surface area contributed by atoms with E-state index in [0.717, 1.165) is 19.3 Å². The molecule has 3 aliphatic carbocycles. The van der Waals surface area contributed by atoms with Gasteiger partial charge in [-0.1, -0.05) is 13.8 Å². The Kier molecular flexibility index (Phi) is 3.85. The fraction of sp³-hybridized carbons (Fsp3) is 0.917. The Hall–Kier alpha value is -0.580. The van der Waals surface area contributed by atoms with Crippen molar-refractivity contribution in [2.24, 2.45) is 28.6 Å². The standard InChI is InChI=1S/C24H38O4/c1-20(2,3)27-18-8-7-16-15-13-23(6,25)24-11-12-26-19(28-24)14-22(24,5)17(15)9-10-21(16,18)4/h11-12,15-19,25H,7-10,13-14H2,1-6H3/t15-,16-,17-,18-,19+,21-,22+,23+,24+/m0/s1. The highest BCUT2D eigenvalue weighted by atomic mass is 16.7. The summed E-state index contributed by atoms with van der Waals surface area (Å²) in [6, 6.07) is 0. The van der Waals surface area contributed by atoms with Crippen LogP contribution in [0.25, 0.3) is 0 Å². The van der Waals surface area contributed by atoms with Gasteiger partial charge in [0, 0.05) is 11.8 Å². The van der Waals surface area contributed by atoms with Gasteiger partial charge in [-0.3, -0.25) is 0 Å². The summed E-state index contributed by atoms with van der Waals surface area (Å²) < 4.78 is 18.7. The zero-order valence-corrected chi connectivity index (χ0v) is 18.5. The van der Waals surface area contributed by atoms with Crippen molar-refractivity contribution in [3.8, 4) is 0 Å². The summed E-state index contributed by atoms with van der Waals surface area (Å²) in [6.45, 7) is 13.3. The van der Waals surface area contributed by atoms with Gasteiger partial charge in [0.25, 0.3) is 0 Å². The summed E-state index contributed by atoms with van der Waals surface area (Å²) in [6.07, 6.45) is 10.4. The molecule has 4 nitrogen and oxygen atoms in total. The number of fused-ring (bicyclic) bond motifs is 5. The van der Waals surface area contributed by atoms with Gasteiger partial charge in [0.2, 0.25) is 6.29 Å². The Morgan fingerprint density at radius 3 is 2.50 bits per heavy atom. The van der Waals surface area contributed by atoms with Crippen molar-refractivity contribution >= 4 is 0 Å². The second-order valence-corrected chi connectivity index (χ2v) is 12.0. The van der Waals surface area contributed by atoms with Crippen LogP contribution in [0.15, 0.2) is 12.3 Å². The first kappa shape index (κ1) is 19.4. The molecule has 4 fully saturated rings. The van der Waals surface area contributed by atoms with Gasteiger partial charge in [0.1, 0.15) is 5.60 Å². The van der Waals surface area contributed by atoms with Crippen LogP contribution in [0, 0.1) is 28.6 Å². The van der Waals surface area contributed by atoms with Crippen LogP contribution in [0.2, 0.25) is 0 Å². The zero-order chi connectivity index (χ0) is 20.2. The lowest BCUT2D eigenvalue weighted by atomic mass is 9.43. The lowest BCUT2D eigenvalue weighted by Crippen LogP contribution is -2.69. The molecule has 1 spiro atoms. The molecular weight excluding hydrogens is 352 g/mol. The van der Waals surface area contributed by atoms with Crippen LogP contribution >= 0.6 is 0 Å². The average molecular weight is 391 g/mol. The van der Waals surface area contributed by atoms with Crippen LogP contribution < -0.4 is 0 Å². The van der Waals surface area contributed by atoms with E-state index >= 15 is 0 Å². The second-order valence-electron chi connectivity index (χ2n) is 12.0. The van der Waals surface area contributed by atoms with Gasteiger partial charge in [0.05, 0.1) is 23.6 Å². The molecular formula is C24H38O4. The maximum Gasteiger partial charge on any atom is 0.200 e. The fourth-order valence-electron chi connectivity index (χ4n) is 8.30. The molecule has 2 aliphatic heterocycles. The summed E-state index contributed by atoms with van der Waals surface area (Å²) >= 11 is 0. The van der Waals surface area contributed by atoms with Crippen molar-refractivity contribution in [1.29, 1.82) is 0 Å². The molecule has 2 heterocycles. The summed E-state index contributed by atoms with van der Waals surface area (Å²) in [5, 5.41) is 11.7. The van der Waals surface area contributed by atoms with Crippen molar-refractivity contribution in [1.82, 2.24) is 0 Å². The summed E-state index contributed by atoms with van der Waals surface area (Å²) in [5.41, 5.74) is -1.46. The van der Waals surface area contributed by atoms with E-state index in [-0.39, 0.29) is 22.7 Å². The maximum absolute atomic E-state index is 11.7. The van der Waals surface area contributed by atoms with Gasteiger partial charge in [-0.25, -0.2) is 0 Å². The van der Waals surface area contributed by atoms with E-state index in [1.165, 1.54) is 19.3 Å². The van der Waals surface area contributed by atoms with Gasteiger partial charge >= 0.3 is 0 Å². The first-order chi connectivity index (χ1) is 12.9. The minimum atomic E-state index is -0.876. The normalized spacial score (nSPS) is 57.3. The number of hydrogen-bond acceptors (Lipinski definition) is 4. The first-order valence-corrected chi connectivity index (χ1v) is 11.3. The molecule has 1 N–H and O–H groups in total. The van der Waals surface area contributed by atoms with Crippen LogP contribution in [0.1, 0.15) is 80.1 Å². The van der Waals surface area contributed by atoms with Gasteiger partial charge in [-0.15, -0.1) is 0 Å². The zero-order valence-electron chi connectivity index (χ0n) is 18.5. The predicted octanol–water partition coefficient (Wildman–Crippen LogP) is 4.80. The van der Waals surface area contributed by atoms with Crippen molar-refractivity contribution < 1.29 is 19.3 Å². The molecule has 0 aromatic heterocycles. The summed E-state index contributed by atoms with van der Waals surface area (Å²) in [7, 11) is 0. The Labute approximate surface area is 170 Å². The number of rotatable bonds is 1. The molecule has 158 valence electrons. The van der Waals surface area contributed by atoms with Crippen molar-refractivity contribution in [3.63, 3.8) is 0 Å². The topological polar surface area (TPSA) is 47.9 Å². The fourth-order valence-corrected chi connectivity index (χ4v) is 8.30. The summed E-state index contributed by atoms with van der Waals surface area (Å²) in [5.74, 6) is 1.70. The SMILES string of the molecule is CC(C)(C)O[C@H]1CC[C@H]2[C@@H]3C[C@@](C)(O)[C@@]45C=CO[C@@H](C[C@]4(C)[C@H]3CC[C@]12C)O5. The van der Waals surface area contributed by atoms with Crippen molar-refractivity contribution in [3.05, 3.63) is 12.3 Å². The van der Waals surface area contributed by atoms with Crippen LogP contribution in [0.3, 0.4) is 0 Å². The Bertz CT molecular complexity index is 693. The molecule has 0 aromatic rings. The number of ether oxygens (including phenoxy) is 3. The molecule has 9 atom stereocenters. The number of hydrogen-bond donors (Lipinski definition) is 1. The third kappa shape index (κ3) is 2.29. The maximum atomic E-state index is 11.7. The molecule has 0 unspecified atom stereocenters. The molecule has 5 rings (SSSR count). The molecule has 1 saturated heterocycles. The highest BCUT2D eigenvalue weighted by molar-refractivity contribution is 5.29. The van der Waals surface area contributed by atoms with E-state index < -0.39 is 11.2 Å². The molecule has 0 amide bonds. The number of aliphatic hydroxyl groups is 1. The minimum absolute atomic E-state index is 0.0820. The van der Waals surface area contributed by atoms with E-state index in [1.807, 2.05) is 13.0 Å². The lowest BCUT2D eigenvalue weighted by Gasteiger charge is -2.64. The first-order valence-electron chi connectivity index (χ1n) is 11.3. The lowest BCUT2D eigenvalue weighted by molar-refractivity contribution is -0.268. The Balaban J connectivity index is 1.51. The van der Waals surface area contributed by atoms with E-state index in [2.05, 4.69) is 34.6 Å². The van der Waals surface area contributed by atoms with Gasteiger partial charge in [-0.05, 0) is 89.0 Å². The predicted molar refractivity (Wildman–Crippen MR) is 107 cm³/mol. The molecule has 5 aliphatic rings. The molecule has 0 aromatic carbocycles. The van der Waals surface area contributed by atoms with E-state index in [1.54, 1.807) is 6.26 Å². The van der Waals surface area contributed by atoms with Crippen LogP contribution in [-0.2, 0) is 14.2 Å². The molecule has 4 heteroatoms. The second kappa shape index (κ2) is 5.56. The van der Waals surface area contributed by atoms with Crippen molar-refractivity contribution in [2.75, 3.05) is 0 Å². The van der Waals surface area contributed by atoms with E-state index in [4.69, 9.17) is 14.2 Å². The highest BCUT2D eigenvalue weighted by Crippen LogP contribution is 2.71. The van der Waals surface area contributed by atoms with E-state index in [0.29, 0.717) is 23.9 Å². The third-order valence-corrected chi connectivity index (χ3v) is 9.39. The molecule has 28 heavy (non-hydrogen) atoms. The molecule has 0 radical (unpaired) electrons. The largest absolute Gasteiger partial charge is 0.473 e. The quantitative estimate of drug-likeness (QED) is 0.698. The monoisotopic (exact) mass is 390 g/mol. The smallest absolute Gasteiger partial charge is 0.200 e. The van der Waals surface area contributed by atoms with Gasteiger partial charge < -0.3 is 19.3 Å². The van der Waals surface area contributed by atoms with Crippen LogP contribution in [0.4, 0.5) is 0 Å². The average Bonchev–Trinajstić information content (AvgIpc) is 2.99. The van der Waals surface area contributed by atoms with Gasteiger partial charge in [0.15, 0.2) is 0 Å². The van der Waals surface area contributed by atoms with Gasteiger partial charge in [-0.2, -0.15) is 0 Å².